The van der Waals surface area contributed by atoms with Gasteiger partial charge in [-0.1, -0.05) is 18.2 Å². The van der Waals surface area contributed by atoms with Crippen LogP contribution in [-0.2, 0) is 14.8 Å². The third-order valence-electron chi connectivity index (χ3n) is 5.84. The minimum Gasteiger partial charge on any atom is -0.486 e. The number of piperidine rings is 1. The predicted molar refractivity (Wildman–Crippen MR) is 121 cm³/mol. The molecule has 3 aromatic rings. The lowest BCUT2D eigenvalue weighted by Crippen LogP contribution is -2.41. The van der Waals surface area contributed by atoms with Crippen LogP contribution in [0.2, 0.25) is 0 Å². The monoisotopic (exact) mass is 468 g/mol. The van der Waals surface area contributed by atoms with Gasteiger partial charge in [-0.05, 0) is 37.1 Å². The molecule has 172 valence electrons. The molecule has 0 saturated carbocycles. The maximum atomic E-state index is 13.1. The van der Waals surface area contributed by atoms with Gasteiger partial charge in [-0.2, -0.15) is 9.40 Å². The molecular weight excluding hydrogens is 444 g/mol. The number of anilines is 1. The maximum Gasteiger partial charge on any atom is 0.243 e. The van der Waals surface area contributed by atoms with Crippen molar-refractivity contribution in [3.05, 3.63) is 60.8 Å². The Morgan fingerprint density at radius 2 is 1.70 bits per heavy atom. The van der Waals surface area contributed by atoms with E-state index < -0.39 is 10.0 Å². The number of ether oxygens (including phenoxy) is 2. The number of nitrogens with zero attached hydrogens (tertiary/aromatic N) is 3. The van der Waals surface area contributed by atoms with Gasteiger partial charge in [0.2, 0.25) is 15.9 Å². The zero-order chi connectivity index (χ0) is 22.8. The fourth-order valence-corrected chi connectivity index (χ4v) is 5.52. The van der Waals surface area contributed by atoms with Crippen LogP contribution in [0, 0.1) is 5.92 Å². The Hall–Kier alpha value is -3.37. The van der Waals surface area contributed by atoms with Gasteiger partial charge < -0.3 is 14.8 Å². The normalized spacial score (nSPS) is 17.0. The van der Waals surface area contributed by atoms with E-state index in [0.717, 1.165) is 5.69 Å². The van der Waals surface area contributed by atoms with Crippen LogP contribution in [0.5, 0.6) is 11.5 Å². The van der Waals surface area contributed by atoms with Crippen molar-refractivity contribution in [1.29, 1.82) is 0 Å². The van der Waals surface area contributed by atoms with E-state index in [-0.39, 0.29) is 29.8 Å². The van der Waals surface area contributed by atoms with Gasteiger partial charge in [0, 0.05) is 37.3 Å². The SMILES string of the molecule is O=C(Nc1ccn(-c2ccccc2)n1)C1CCN(S(=O)(=O)c2ccc3c(c2)OCCO3)CC1. The van der Waals surface area contributed by atoms with E-state index in [1.807, 2.05) is 30.3 Å². The van der Waals surface area contributed by atoms with Crippen molar-refractivity contribution in [2.24, 2.45) is 5.92 Å². The largest absolute Gasteiger partial charge is 0.486 e. The first-order valence-corrected chi connectivity index (χ1v) is 12.3. The molecule has 9 nitrogen and oxygen atoms in total. The first-order valence-electron chi connectivity index (χ1n) is 10.8. The molecular formula is C23H24N4O5S. The van der Waals surface area contributed by atoms with E-state index in [1.165, 1.54) is 16.4 Å². The summed E-state index contributed by atoms with van der Waals surface area (Å²) in [4.78, 5) is 12.9. The third kappa shape index (κ3) is 4.44. The highest BCUT2D eigenvalue weighted by Crippen LogP contribution is 2.34. The first kappa shape index (κ1) is 21.5. The fraction of sp³-hybridized carbons (Fsp3) is 0.304. The number of fused-ring (bicyclic) bond motifs is 1. The number of amides is 1. The summed E-state index contributed by atoms with van der Waals surface area (Å²) in [5.74, 6) is 1.02. The smallest absolute Gasteiger partial charge is 0.243 e. The summed E-state index contributed by atoms with van der Waals surface area (Å²) in [5, 5.41) is 7.25. The van der Waals surface area contributed by atoms with Gasteiger partial charge in [0.25, 0.3) is 0 Å². The van der Waals surface area contributed by atoms with Gasteiger partial charge >= 0.3 is 0 Å². The number of hydrogen-bond donors (Lipinski definition) is 1. The molecule has 3 heterocycles. The Morgan fingerprint density at radius 3 is 2.45 bits per heavy atom. The van der Waals surface area contributed by atoms with Gasteiger partial charge in [0.1, 0.15) is 13.2 Å². The van der Waals surface area contributed by atoms with Crippen LogP contribution in [0.25, 0.3) is 5.69 Å². The predicted octanol–water partition coefficient (Wildman–Crippen LogP) is 2.68. The van der Waals surface area contributed by atoms with Gasteiger partial charge in [0.15, 0.2) is 17.3 Å². The molecule has 10 heteroatoms. The Kier molecular flexibility index (Phi) is 5.77. The summed E-state index contributed by atoms with van der Waals surface area (Å²) >= 11 is 0. The molecule has 2 aliphatic heterocycles. The van der Waals surface area contributed by atoms with Crippen LogP contribution in [0.15, 0.2) is 65.7 Å². The summed E-state index contributed by atoms with van der Waals surface area (Å²) in [7, 11) is -3.68. The molecule has 5 rings (SSSR count). The number of carbonyl (C=O) groups is 1. The average molecular weight is 469 g/mol. The van der Waals surface area contributed by atoms with Gasteiger partial charge in [-0.3, -0.25) is 4.79 Å². The van der Waals surface area contributed by atoms with Crippen molar-refractivity contribution in [2.75, 3.05) is 31.6 Å². The standard InChI is InChI=1S/C23H24N4O5S/c28-23(24-22-10-13-27(25-22)18-4-2-1-3-5-18)17-8-11-26(12-9-17)33(29,30)19-6-7-20-21(16-19)32-15-14-31-20/h1-7,10,13,16-17H,8-9,11-12,14-15H2,(H,24,25,28). The Labute approximate surface area is 192 Å². The summed E-state index contributed by atoms with van der Waals surface area (Å²) in [6.45, 7) is 1.38. The summed E-state index contributed by atoms with van der Waals surface area (Å²) in [5.41, 5.74) is 0.899. The Balaban J connectivity index is 1.20. The van der Waals surface area contributed by atoms with Crippen molar-refractivity contribution in [1.82, 2.24) is 14.1 Å². The fourth-order valence-electron chi connectivity index (χ4n) is 4.03. The minimum atomic E-state index is -3.68. The van der Waals surface area contributed by atoms with Crippen molar-refractivity contribution in [2.45, 2.75) is 17.7 Å². The number of benzene rings is 2. The van der Waals surface area contributed by atoms with E-state index in [4.69, 9.17) is 9.47 Å². The molecule has 1 amide bonds. The van der Waals surface area contributed by atoms with Crippen molar-refractivity contribution < 1.29 is 22.7 Å². The molecule has 33 heavy (non-hydrogen) atoms. The van der Waals surface area contributed by atoms with Crippen LogP contribution in [0.1, 0.15) is 12.8 Å². The van der Waals surface area contributed by atoms with E-state index in [0.29, 0.717) is 43.4 Å². The lowest BCUT2D eigenvalue weighted by molar-refractivity contribution is -0.120. The number of hydrogen-bond acceptors (Lipinski definition) is 6. The number of rotatable bonds is 5. The molecule has 0 bridgehead atoms. The number of nitrogens with one attached hydrogen (secondary N) is 1. The zero-order valence-corrected chi connectivity index (χ0v) is 18.7. The topological polar surface area (TPSA) is 103 Å². The molecule has 0 atom stereocenters. The third-order valence-corrected chi connectivity index (χ3v) is 7.73. The molecule has 0 radical (unpaired) electrons. The number of carbonyl (C=O) groups excluding carboxylic acids is 1. The highest BCUT2D eigenvalue weighted by Gasteiger charge is 2.33. The Morgan fingerprint density at radius 1 is 0.970 bits per heavy atom. The minimum absolute atomic E-state index is 0.148. The van der Waals surface area contributed by atoms with Crippen LogP contribution in [0.4, 0.5) is 5.82 Å². The second kappa shape index (κ2) is 8.87. The van der Waals surface area contributed by atoms with Crippen LogP contribution in [-0.4, -0.2) is 54.7 Å². The molecule has 1 fully saturated rings. The quantitative estimate of drug-likeness (QED) is 0.618. The second-order valence-electron chi connectivity index (χ2n) is 7.95. The molecule has 0 spiro atoms. The van der Waals surface area contributed by atoms with Crippen LogP contribution < -0.4 is 14.8 Å². The highest BCUT2D eigenvalue weighted by molar-refractivity contribution is 7.89. The highest BCUT2D eigenvalue weighted by atomic mass is 32.2. The zero-order valence-electron chi connectivity index (χ0n) is 17.9. The summed E-state index contributed by atoms with van der Waals surface area (Å²) in [6.07, 6.45) is 2.66. The maximum absolute atomic E-state index is 13.1. The van der Waals surface area contributed by atoms with Crippen molar-refractivity contribution in [3.63, 3.8) is 0 Å². The van der Waals surface area contributed by atoms with Crippen molar-refractivity contribution >= 4 is 21.7 Å². The number of para-hydroxylation sites is 1. The summed E-state index contributed by atoms with van der Waals surface area (Å²) in [6, 6.07) is 16.0. The lowest BCUT2D eigenvalue weighted by atomic mass is 9.97. The Bertz CT molecular complexity index is 1250. The van der Waals surface area contributed by atoms with Crippen LogP contribution >= 0.6 is 0 Å². The molecule has 1 N–H and O–H groups in total. The van der Waals surface area contributed by atoms with Gasteiger partial charge in [-0.25, -0.2) is 13.1 Å². The van der Waals surface area contributed by atoms with Crippen molar-refractivity contribution in [3.8, 4) is 17.2 Å². The van der Waals surface area contributed by atoms with E-state index in [1.54, 1.807) is 23.0 Å². The lowest BCUT2D eigenvalue weighted by Gasteiger charge is -2.30. The van der Waals surface area contributed by atoms with E-state index in [2.05, 4.69) is 10.4 Å². The molecule has 0 aliphatic carbocycles. The number of aromatic nitrogens is 2. The van der Waals surface area contributed by atoms with E-state index >= 15 is 0 Å². The van der Waals surface area contributed by atoms with Crippen LogP contribution in [0.3, 0.4) is 0 Å². The molecule has 2 aliphatic rings. The molecule has 2 aromatic carbocycles. The van der Waals surface area contributed by atoms with Gasteiger partial charge in [-0.15, -0.1) is 0 Å². The van der Waals surface area contributed by atoms with Gasteiger partial charge in [0.05, 0.1) is 10.6 Å². The second-order valence-corrected chi connectivity index (χ2v) is 9.89. The average Bonchev–Trinajstić information content (AvgIpc) is 3.33. The summed E-state index contributed by atoms with van der Waals surface area (Å²) < 4.78 is 40.3. The first-order chi connectivity index (χ1) is 16.0. The molecule has 1 aromatic heterocycles. The molecule has 1 saturated heterocycles. The van der Waals surface area contributed by atoms with E-state index in [9.17, 15) is 13.2 Å². The number of sulfonamides is 1. The molecule has 0 unspecified atom stereocenters.